The summed E-state index contributed by atoms with van der Waals surface area (Å²) in [6, 6.07) is 20.3. The molecule has 0 bridgehead atoms. The van der Waals surface area contributed by atoms with Crippen LogP contribution in [0.25, 0.3) is 0 Å². The molecule has 0 unspecified atom stereocenters. The largest absolute Gasteiger partial charge is 0.508 e. The zero-order chi connectivity index (χ0) is 24.6. The second kappa shape index (κ2) is 9.02. The molecular formula is C29H29NO4. The maximum Gasteiger partial charge on any atom is 0.169 e. The molecule has 0 spiro atoms. The van der Waals surface area contributed by atoms with Gasteiger partial charge in [0, 0.05) is 11.1 Å². The number of ether oxygens (including phenoxy) is 1. The molecule has 34 heavy (non-hydrogen) atoms. The number of benzene rings is 4. The molecule has 4 aromatic rings. The normalized spacial score (nSPS) is 10.9. The molecule has 0 aromatic heterocycles. The zero-order valence-corrected chi connectivity index (χ0v) is 20.0. The van der Waals surface area contributed by atoms with Gasteiger partial charge in [0.2, 0.25) is 0 Å². The summed E-state index contributed by atoms with van der Waals surface area (Å²) in [6.07, 6.45) is 0. The lowest BCUT2D eigenvalue weighted by molar-refractivity contribution is 0.409. The number of anilines is 3. The molecule has 0 aliphatic carbocycles. The Balaban J connectivity index is 2.00. The van der Waals surface area contributed by atoms with E-state index in [0.717, 1.165) is 22.5 Å². The smallest absolute Gasteiger partial charge is 0.169 e. The van der Waals surface area contributed by atoms with Crippen LogP contribution in [0.2, 0.25) is 0 Å². The quantitative estimate of drug-likeness (QED) is 0.289. The first-order valence-electron chi connectivity index (χ1n) is 11.1. The second-order valence-electron chi connectivity index (χ2n) is 8.68. The maximum absolute atomic E-state index is 10.6. The van der Waals surface area contributed by atoms with Crippen molar-refractivity contribution >= 4 is 17.1 Å². The molecule has 0 saturated heterocycles. The number of aryl methyl sites for hydroxylation is 3. The van der Waals surface area contributed by atoms with Crippen molar-refractivity contribution in [3.63, 3.8) is 0 Å². The third-order valence-corrected chi connectivity index (χ3v) is 6.00. The van der Waals surface area contributed by atoms with Crippen LogP contribution in [0.3, 0.4) is 0 Å². The Bertz CT molecular complexity index is 1320. The van der Waals surface area contributed by atoms with E-state index in [1.807, 2.05) is 88.0 Å². The first-order chi connectivity index (χ1) is 16.2. The highest BCUT2D eigenvalue weighted by Gasteiger charge is 2.23. The molecule has 3 N–H and O–H groups in total. The average Bonchev–Trinajstić information content (AvgIpc) is 2.79. The van der Waals surface area contributed by atoms with E-state index in [2.05, 4.69) is 0 Å². The molecule has 4 rings (SSSR count). The van der Waals surface area contributed by atoms with Gasteiger partial charge in [-0.25, -0.2) is 0 Å². The molecule has 0 heterocycles. The molecule has 0 atom stereocenters. The van der Waals surface area contributed by atoms with Crippen molar-refractivity contribution in [1.82, 2.24) is 0 Å². The van der Waals surface area contributed by atoms with E-state index in [0.29, 0.717) is 33.9 Å². The van der Waals surface area contributed by atoms with Gasteiger partial charge in [-0.05, 0) is 93.8 Å². The molecule has 0 saturated carbocycles. The summed E-state index contributed by atoms with van der Waals surface area (Å²) in [5, 5.41) is 31.8. The highest BCUT2D eigenvalue weighted by atomic mass is 16.5. The van der Waals surface area contributed by atoms with Crippen molar-refractivity contribution in [3.8, 4) is 28.7 Å². The molecule has 174 valence electrons. The van der Waals surface area contributed by atoms with Gasteiger partial charge in [0.25, 0.3) is 0 Å². The van der Waals surface area contributed by atoms with Crippen molar-refractivity contribution in [1.29, 1.82) is 0 Å². The summed E-state index contributed by atoms with van der Waals surface area (Å²) in [6.45, 7) is 9.39. The van der Waals surface area contributed by atoms with Crippen LogP contribution in [0.15, 0.2) is 66.7 Å². The highest BCUT2D eigenvalue weighted by molar-refractivity contribution is 5.85. The van der Waals surface area contributed by atoms with Gasteiger partial charge in [-0.1, -0.05) is 24.3 Å². The lowest BCUT2D eigenvalue weighted by atomic mass is 10.0. The molecule has 4 aromatic carbocycles. The van der Waals surface area contributed by atoms with E-state index in [4.69, 9.17) is 4.74 Å². The Hall–Kier alpha value is -4.12. The van der Waals surface area contributed by atoms with Crippen LogP contribution in [-0.2, 0) is 0 Å². The molecular weight excluding hydrogens is 426 g/mol. The van der Waals surface area contributed by atoms with Crippen LogP contribution in [0.1, 0.15) is 27.8 Å². The molecule has 0 aliphatic rings. The van der Waals surface area contributed by atoms with Crippen molar-refractivity contribution < 1.29 is 20.1 Å². The summed E-state index contributed by atoms with van der Waals surface area (Å²) in [7, 11) is 0. The first-order valence-corrected chi connectivity index (χ1v) is 11.1. The lowest BCUT2D eigenvalue weighted by Gasteiger charge is -2.31. The summed E-state index contributed by atoms with van der Waals surface area (Å²) < 4.78 is 6.23. The third-order valence-electron chi connectivity index (χ3n) is 6.00. The van der Waals surface area contributed by atoms with Gasteiger partial charge in [-0.2, -0.15) is 0 Å². The fourth-order valence-electron chi connectivity index (χ4n) is 4.06. The summed E-state index contributed by atoms with van der Waals surface area (Å²) in [5.41, 5.74) is 6.11. The van der Waals surface area contributed by atoms with Crippen molar-refractivity contribution in [2.75, 3.05) is 4.90 Å². The Labute approximate surface area is 200 Å². The second-order valence-corrected chi connectivity index (χ2v) is 8.68. The number of aromatic hydroxyl groups is 3. The molecule has 0 aliphatic heterocycles. The van der Waals surface area contributed by atoms with Gasteiger partial charge in [-0.3, -0.25) is 0 Å². The minimum Gasteiger partial charge on any atom is -0.508 e. The number of rotatable bonds is 5. The van der Waals surface area contributed by atoms with E-state index in [1.54, 1.807) is 18.2 Å². The topological polar surface area (TPSA) is 73.2 Å². The fraction of sp³-hybridized carbons (Fsp3) is 0.172. The van der Waals surface area contributed by atoms with Gasteiger partial charge < -0.3 is 25.0 Å². The fourth-order valence-corrected chi connectivity index (χ4v) is 4.06. The lowest BCUT2D eigenvalue weighted by Crippen LogP contribution is -2.14. The minimum atomic E-state index is 0.0811. The van der Waals surface area contributed by atoms with Gasteiger partial charge in [0.05, 0.1) is 17.1 Å². The number of para-hydroxylation sites is 3. The van der Waals surface area contributed by atoms with E-state index < -0.39 is 0 Å². The predicted molar refractivity (Wildman–Crippen MR) is 136 cm³/mol. The molecule has 0 amide bonds. The Morgan fingerprint density at radius 3 is 1.71 bits per heavy atom. The van der Waals surface area contributed by atoms with Crippen LogP contribution in [0.4, 0.5) is 17.1 Å². The average molecular weight is 456 g/mol. The van der Waals surface area contributed by atoms with E-state index in [9.17, 15) is 15.3 Å². The predicted octanol–water partition coefficient (Wildman–Crippen LogP) is 7.61. The first kappa shape index (κ1) is 23.1. The number of hydrogen-bond acceptors (Lipinski definition) is 5. The van der Waals surface area contributed by atoms with Crippen LogP contribution in [-0.4, -0.2) is 15.3 Å². The maximum atomic E-state index is 10.6. The molecule has 0 radical (unpaired) electrons. The highest BCUT2D eigenvalue weighted by Crippen LogP contribution is 2.47. The van der Waals surface area contributed by atoms with Crippen molar-refractivity contribution in [3.05, 3.63) is 94.5 Å². The van der Waals surface area contributed by atoms with Crippen LogP contribution >= 0.6 is 0 Å². The van der Waals surface area contributed by atoms with Gasteiger partial charge in [-0.15, -0.1) is 0 Å². The summed E-state index contributed by atoms with van der Waals surface area (Å²) in [5.74, 6) is 1.32. The van der Waals surface area contributed by atoms with Crippen molar-refractivity contribution in [2.45, 2.75) is 34.6 Å². The Morgan fingerprint density at radius 2 is 1.12 bits per heavy atom. The zero-order valence-electron chi connectivity index (χ0n) is 20.0. The van der Waals surface area contributed by atoms with Crippen LogP contribution in [0.5, 0.6) is 28.7 Å². The van der Waals surface area contributed by atoms with Crippen molar-refractivity contribution in [2.24, 2.45) is 0 Å². The van der Waals surface area contributed by atoms with Gasteiger partial charge in [0.15, 0.2) is 17.2 Å². The Morgan fingerprint density at radius 1 is 0.588 bits per heavy atom. The van der Waals surface area contributed by atoms with Crippen LogP contribution in [0, 0.1) is 34.6 Å². The van der Waals surface area contributed by atoms with Gasteiger partial charge in [0.1, 0.15) is 11.5 Å². The third kappa shape index (κ3) is 4.25. The number of phenols is 3. The summed E-state index contributed by atoms with van der Waals surface area (Å²) >= 11 is 0. The van der Waals surface area contributed by atoms with E-state index in [-0.39, 0.29) is 17.2 Å². The number of hydrogen-bond donors (Lipinski definition) is 3. The SMILES string of the molecule is Cc1cc(O)c(C)c(N(c2ccccc2Oc2cccc(C)c2O)c2cc(C)cc(O)c2C)c1. The standard InChI is InChI=1S/C29H29NO4/c1-17-13-23(20(4)25(31)15-17)30(24-14-18(2)16-26(32)21(24)5)22-10-6-7-11-27(22)34-28-12-8-9-19(3)29(28)33/h6-16,31-33H,1-5H3. The summed E-state index contributed by atoms with van der Waals surface area (Å²) in [4.78, 5) is 1.98. The van der Waals surface area contributed by atoms with E-state index >= 15 is 0 Å². The van der Waals surface area contributed by atoms with Gasteiger partial charge >= 0.3 is 0 Å². The minimum absolute atomic E-state index is 0.0811. The molecule has 5 heteroatoms. The number of phenolic OH excluding ortho intramolecular Hbond substituents is 3. The monoisotopic (exact) mass is 455 g/mol. The molecule has 0 fully saturated rings. The Kier molecular flexibility index (Phi) is 6.12. The number of nitrogens with zero attached hydrogens (tertiary/aromatic N) is 1. The molecule has 5 nitrogen and oxygen atoms in total. The van der Waals surface area contributed by atoms with E-state index in [1.165, 1.54) is 0 Å². The van der Waals surface area contributed by atoms with Crippen LogP contribution < -0.4 is 9.64 Å².